The molecule has 0 fully saturated rings. The van der Waals surface area contributed by atoms with E-state index in [0.717, 1.165) is 12.8 Å². The molecule has 3 nitrogen and oxygen atoms in total. The summed E-state index contributed by atoms with van der Waals surface area (Å²) in [5, 5.41) is 0. The van der Waals surface area contributed by atoms with Crippen molar-refractivity contribution in [1.29, 1.82) is 0 Å². The molecule has 0 bridgehead atoms. The molecule has 102 valence electrons. The maximum absolute atomic E-state index is 10.9. The number of hydrogen-bond donors (Lipinski definition) is 0. The van der Waals surface area contributed by atoms with Crippen LogP contribution in [0.5, 0.6) is 0 Å². The molecule has 0 amide bonds. The lowest BCUT2D eigenvalue weighted by molar-refractivity contribution is 0.0583. The minimum absolute atomic E-state index is 0.220. The molecule has 4 heteroatoms. The van der Waals surface area contributed by atoms with Gasteiger partial charge in [0.05, 0.1) is 12.5 Å². The van der Waals surface area contributed by atoms with Gasteiger partial charge in [0.1, 0.15) is 6.61 Å². The smallest absolute Gasteiger partial charge is 0.434 e. The van der Waals surface area contributed by atoms with E-state index >= 15 is 0 Å². The van der Waals surface area contributed by atoms with Gasteiger partial charge in [0.15, 0.2) is 0 Å². The Kier molecular flexibility index (Phi) is 13.3. The molecule has 0 atom stereocenters. The first-order chi connectivity index (χ1) is 8.31. The van der Waals surface area contributed by atoms with Gasteiger partial charge in [0.25, 0.3) is 0 Å². The van der Waals surface area contributed by atoms with Crippen molar-refractivity contribution in [3.63, 3.8) is 0 Å². The summed E-state index contributed by atoms with van der Waals surface area (Å²) in [6.45, 7) is 2.90. The molecule has 0 aliphatic heterocycles. The summed E-state index contributed by atoms with van der Waals surface area (Å²) in [4.78, 5) is 10.9. The van der Waals surface area contributed by atoms with Crippen molar-refractivity contribution >= 4 is 17.8 Å². The Morgan fingerprint density at radius 2 is 1.41 bits per heavy atom. The Labute approximate surface area is 110 Å². The molecule has 0 unspecified atom stereocenters. The number of hydrogen-bond acceptors (Lipinski definition) is 3. The zero-order chi connectivity index (χ0) is 12.8. The van der Waals surface area contributed by atoms with Gasteiger partial charge in [-0.25, -0.2) is 4.79 Å². The molecule has 0 radical (unpaired) electrons. The van der Waals surface area contributed by atoms with Crippen molar-refractivity contribution in [2.75, 3.05) is 19.1 Å². The third-order valence-electron chi connectivity index (χ3n) is 2.51. The van der Waals surface area contributed by atoms with Crippen LogP contribution in [0.3, 0.4) is 0 Å². The normalized spacial score (nSPS) is 10.2. The van der Waals surface area contributed by atoms with Crippen LogP contribution in [0, 0.1) is 0 Å². The van der Waals surface area contributed by atoms with E-state index in [9.17, 15) is 4.79 Å². The maximum Gasteiger partial charge on any atom is 0.508 e. The predicted octanol–water partition coefficient (Wildman–Crippen LogP) is 4.52. The molecular formula is C13H25ClO3. The second kappa shape index (κ2) is 13.6. The van der Waals surface area contributed by atoms with Crippen LogP contribution in [0.15, 0.2) is 0 Å². The van der Waals surface area contributed by atoms with E-state index in [1.807, 2.05) is 0 Å². The summed E-state index contributed by atoms with van der Waals surface area (Å²) in [5.41, 5.74) is 0. The Bertz CT molecular complexity index is 174. The first-order valence-electron chi connectivity index (χ1n) is 6.66. The van der Waals surface area contributed by atoms with E-state index in [-0.39, 0.29) is 6.61 Å². The summed E-state index contributed by atoms with van der Waals surface area (Å²) in [6.07, 6.45) is 9.26. The molecular weight excluding hydrogens is 240 g/mol. The standard InChI is InChI=1S/C13H25ClO3/c1-2-3-4-5-6-7-8-9-11-16-13(15)17-12-10-14/h2-12H2,1H3. The van der Waals surface area contributed by atoms with Crippen LogP contribution in [0.2, 0.25) is 0 Å². The first-order valence-corrected chi connectivity index (χ1v) is 7.20. The lowest BCUT2D eigenvalue weighted by Gasteiger charge is -2.04. The maximum atomic E-state index is 10.9. The van der Waals surface area contributed by atoms with Crippen LogP contribution < -0.4 is 0 Å². The van der Waals surface area contributed by atoms with Crippen molar-refractivity contribution in [2.24, 2.45) is 0 Å². The molecule has 0 aliphatic carbocycles. The largest absolute Gasteiger partial charge is 0.508 e. The molecule has 0 rings (SSSR count). The monoisotopic (exact) mass is 264 g/mol. The van der Waals surface area contributed by atoms with Gasteiger partial charge in [-0.2, -0.15) is 0 Å². The molecule has 0 aromatic carbocycles. The SMILES string of the molecule is CCCCCCCCCCOC(=O)OCCCl. The third kappa shape index (κ3) is 13.5. The highest BCUT2D eigenvalue weighted by Gasteiger charge is 2.01. The van der Waals surface area contributed by atoms with E-state index < -0.39 is 6.16 Å². The minimum Gasteiger partial charge on any atom is -0.434 e. The molecule has 0 aromatic heterocycles. The fraction of sp³-hybridized carbons (Fsp3) is 0.923. The van der Waals surface area contributed by atoms with Gasteiger partial charge in [0, 0.05) is 0 Å². The summed E-state index contributed by atoms with van der Waals surface area (Å²) in [7, 11) is 0. The van der Waals surface area contributed by atoms with Gasteiger partial charge in [0.2, 0.25) is 0 Å². The van der Waals surface area contributed by atoms with Crippen LogP contribution in [0.4, 0.5) is 4.79 Å². The lowest BCUT2D eigenvalue weighted by Crippen LogP contribution is -2.09. The quantitative estimate of drug-likeness (QED) is 0.313. The average molecular weight is 265 g/mol. The Morgan fingerprint density at radius 1 is 0.882 bits per heavy atom. The Morgan fingerprint density at radius 3 is 2.00 bits per heavy atom. The number of rotatable bonds is 11. The van der Waals surface area contributed by atoms with Crippen molar-refractivity contribution in [3.05, 3.63) is 0 Å². The molecule has 0 saturated carbocycles. The number of ether oxygens (including phenoxy) is 2. The van der Waals surface area contributed by atoms with Crippen LogP contribution in [0.25, 0.3) is 0 Å². The van der Waals surface area contributed by atoms with Gasteiger partial charge in [-0.05, 0) is 6.42 Å². The minimum atomic E-state index is -0.603. The number of carbonyl (C=O) groups excluding carboxylic acids is 1. The van der Waals surface area contributed by atoms with Gasteiger partial charge >= 0.3 is 6.16 Å². The summed E-state index contributed by atoms with van der Waals surface area (Å²) >= 11 is 5.37. The second-order valence-corrected chi connectivity index (χ2v) is 4.49. The number of alkyl halides is 1. The fourth-order valence-electron chi connectivity index (χ4n) is 1.56. The molecule has 0 spiro atoms. The van der Waals surface area contributed by atoms with Gasteiger partial charge in [-0.3, -0.25) is 0 Å². The second-order valence-electron chi connectivity index (χ2n) is 4.11. The highest BCUT2D eigenvalue weighted by Crippen LogP contribution is 2.08. The number of halogens is 1. The van der Waals surface area contributed by atoms with E-state index in [1.165, 1.54) is 38.5 Å². The average Bonchev–Trinajstić information content (AvgIpc) is 2.34. The van der Waals surface area contributed by atoms with Crippen LogP contribution in [-0.2, 0) is 9.47 Å². The highest BCUT2D eigenvalue weighted by atomic mass is 35.5. The van der Waals surface area contributed by atoms with Gasteiger partial charge in [-0.1, -0.05) is 51.9 Å². The summed E-state index contributed by atoms with van der Waals surface area (Å²) in [5.74, 6) is 0.312. The van der Waals surface area contributed by atoms with E-state index in [1.54, 1.807) is 0 Å². The zero-order valence-corrected chi connectivity index (χ0v) is 11.6. The zero-order valence-electron chi connectivity index (χ0n) is 10.9. The molecule has 0 heterocycles. The Hall–Kier alpha value is -0.440. The van der Waals surface area contributed by atoms with Crippen molar-refractivity contribution in [2.45, 2.75) is 58.3 Å². The number of carbonyl (C=O) groups is 1. The Balaban J connectivity index is 3.05. The molecule has 17 heavy (non-hydrogen) atoms. The van der Waals surface area contributed by atoms with Crippen LogP contribution >= 0.6 is 11.6 Å². The molecule has 0 aliphatic rings. The summed E-state index contributed by atoms with van der Waals surface area (Å²) in [6, 6.07) is 0. The fourth-order valence-corrected chi connectivity index (χ4v) is 1.63. The first kappa shape index (κ1) is 16.6. The van der Waals surface area contributed by atoms with E-state index in [0.29, 0.717) is 12.5 Å². The molecule has 0 saturated heterocycles. The van der Waals surface area contributed by atoms with Crippen LogP contribution in [-0.4, -0.2) is 25.2 Å². The third-order valence-corrected chi connectivity index (χ3v) is 2.67. The number of unbranched alkanes of at least 4 members (excludes halogenated alkanes) is 7. The van der Waals surface area contributed by atoms with Crippen molar-refractivity contribution < 1.29 is 14.3 Å². The van der Waals surface area contributed by atoms with Crippen molar-refractivity contribution in [1.82, 2.24) is 0 Å². The van der Waals surface area contributed by atoms with E-state index in [2.05, 4.69) is 11.7 Å². The van der Waals surface area contributed by atoms with Gasteiger partial charge < -0.3 is 9.47 Å². The predicted molar refractivity (Wildman–Crippen MR) is 70.6 cm³/mol. The topological polar surface area (TPSA) is 35.5 Å². The highest BCUT2D eigenvalue weighted by molar-refractivity contribution is 6.18. The van der Waals surface area contributed by atoms with Crippen molar-refractivity contribution in [3.8, 4) is 0 Å². The molecule has 0 aromatic rings. The van der Waals surface area contributed by atoms with Gasteiger partial charge in [-0.15, -0.1) is 11.6 Å². The summed E-state index contributed by atoms with van der Waals surface area (Å²) < 4.78 is 9.54. The van der Waals surface area contributed by atoms with E-state index in [4.69, 9.17) is 16.3 Å². The van der Waals surface area contributed by atoms with Crippen LogP contribution in [0.1, 0.15) is 58.3 Å². The lowest BCUT2D eigenvalue weighted by atomic mass is 10.1. The molecule has 0 N–H and O–H groups in total.